The fraction of sp³-hybridized carbons (Fsp3) is 0.875. The monoisotopic (exact) mass is 290 g/mol. The summed E-state index contributed by atoms with van der Waals surface area (Å²) in [6.45, 7) is 1.06. The molecule has 0 unspecified atom stereocenters. The highest BCUT2D eigenvalue weighted by molar-refractivity contribution is 5.89. The van der Waals surface area contributed by atoms with Crippen molar-refractivity contribution in [2.24, 2.45) is 11.3 Å². The molecule has 0 spiro atoms. The van der Waals surface area contributed by atoms with Crippen LogP contribution in [0.4, 0.5) is 39.5 Å². The molecule has 0 aliphatic rings. The summed E-state index contributed by atoms with van der Waals surface area (Å²) < 4.78 is 111. The van der Waals surface area contributed by atoms with Gasteiger partial charge in [-0.3, -0.25) is 4.79 Å². The van der Waals surface area contributed by atoms with Crippen LogP contribution < -0.4 is 0 Å². The Balaban J connectivity index is 6.37. The number of hydrogen-bond donors (Lipinski definition) is 0. The number of alkyl halides is 9. The average molecular weight is 290 g/mol. The van der Waals surface area contributed by atoms with Gasteiger partial charge in [-0.05, 0) is 0 Å². The van der Waals surface area contributed by atoms with Crippen LogP contribution in [-0.4, -0.2) is 24.3 Å². The van der Waals surface area contributed by atoms with Crippen molar-refractivity contribution in [1.29, 1.82) is 0 Å². The predicted octanol–water partition coefficient (Wildman–Crippen LogP) is 3.88. The van der Waals surface area contributed by atoms with E-state index in [1.54, 1.807) is 0 Å². The van der Waals surface area contributed by atoms with Crippen LogP contribution in [-0.2, 0) is 4.79 Å². The van der Waals surface area contributed by atoms with Crippen molar-refractivity contribution in [2.75, 3.05) is 0 Å². The molecule has 108 valence electrons. The number of carbonyl (C=O) groups is 1. The van der Waals surface area contributed by atoms with Crippen molar-refractivity contribution < 1.29 is 44.3 Å². The third-order valence-corrected chi connectivity index (χ3v) is 2.17. The van der Waals surface area contributed by atoms with Crippen molar-refractivity contribution in [3.05, 3.63) is 0 Å². The molecule has 0 aliphatic heterocycles. The lowest BCUT2D eigenvalue weighted by Crippen LogP contribution is -2.65. The first-order valence-corrected chi connectivity index (χ1v) is 4.35. The third kappa shape index (κ3) is 2.28. The summed E-state index contributed by atoms with van der Waals surface area (Å²) in [4.78, 5) is 10.9. The maximum Gasteiger partial charge on any atom is 0.419 e. The van der Waals surface area contributed by atoms with Crippen LogP contribution in [0.25, 0.3) is 0 Å². The first kappa shape index (κ1) is 17.0. The molecule has 1 nitrogen and oxygen atoms in total. The van der Waals surface area contributed by atoms with Gasteiger partial charge in [-0.1, -0.05) is 13.8 Å². The van der Waals surface area contributed by atoms with Gasteiger partial charge in [-0.25, -0.2) is 0 Å². The van der Waals surface area contributed by atoms with Crippen molar-refractivity contribution in [3.63, 3.8) is 0 Å². The molecule has 10 heteroatoms. The van der Waals surface area contributed by atoms with Crippen LogP contribution in [0.15, 0.2) is 0 Å². The molecule has 0 N–H and O–H groups in total. The van der Waals surface area contributed by atoms with Crippen molar-refractivity contribution in [3.8, 4) is 0 Å². The molecule has 0 saturated carbocycles. The molecule has 0 saturated heterocycles. The van der Waals surface area contributed by atoms with Gasteiger partial charge in [0, 0.05) is 5.92 Å². The second kappa shape index (κ2) is 4.30. The maximum absolute atomic E-state index is 12.3. The Labute approximate surface area is 94.9 Å². The van der Waals surface area contributed by atoms with Crippen LogP contribution in [0.1, 0.15) is 13.8 Å². The zero-order chi connectivity index (χ0) is 15.2. The third-order valence-electron chi connectivity index (χ3n) is 2.17. The fourth-order valence-electron chi connectivity index (χ4n) is 1.33. The molecule has 18 heavy (non-hydrogen) atoms. The first-order valence-electron chi connectivity index (χ1n) is 4.35. The molecule has 0 rings (SSSR count). The summed E-state index contributed by atoms with van der Waals surface area (Å²) in [5.74, 6) is -5.06. The Morgan fingerprint density at radius 2 is 0.944 bits per heavy atom. The van der Waals surface area contributed by atoms with Gasteiger partial charge in [0.2, 0.25) is 0 Å². The molecule has 0 amide bonds. The fourth-order valence-corrected chi connectivity index (χ4v) is 1.33. The average Bonchev–Trinajstić information content (AvgIpc) is 1.94. The molecule has 0 aliphatic carbocycles. The Bertz CT molecular complexity index is 283. The number of carbonyl (C=O) groups excluding carboxylic acids is 1. The van der Waals surface area contributed by atoms with Crippen LogP contribution in [0.5, 0.6) is 0 Å². The standard InChI is InChI=1S/C8H7F9O/c1-3(2)4(18)5(6(9,10)11,7(12,13)14)8(15,16)17/h3H,1-2H3. The molecule has 0 fully saturated rings. The molecule has 0 aromatic rings. The highest BCUT2D eigenvalue weighted by atomic mass is 19.4. The van der Waals surface area contributed by atoms with Gasteiger partial charge in [0.1, 0.15) is 0 Å². The smallest absolute Gasteiger partial charge is 0.298 e. The van der Waals surface area contributed by atoms with Gasteiger partial charge >= 0.3 is 23.9 Å². The van der Waals surface area contributed by atoms with Crippen LogP contribution in [0, 0.1) is 11.3 Å². The van der Waals surface area contributed by atoms with Gasteiger partial charge < -0.3 is 0 Å². The molecule has 0 heterocycles. The Morgan fingerprint density at radius 1 is 0.722 bits per heavy atom. The summed E-state index contributed by atoms with van der Waals surface area (Å²) in [7, 11) is 0. The Hall–Kier alpha value is -0.960. The molecular weight excluding hydrogens is 283 g/mol. The van der Waals surface area contributed by atoms with E-state index in [2.05, 4.69) is 0 Å². The van der Waals surface area contributed by atoms with E-state index in [-0.39, 0.29) is 0 Å². The van der Waals surface area contributed by atoms with Crippen LogP contribution >= 0.6 is 0 Å². The van der Waals surface area contributed by atoms with E-state index in [9.17, 15) is 44.3 Å². The lowest BCUT2D eigenvalue weighted by molar-refractivity contribution is -0.407. The molecule has 0 aromatic carbocycles. The number of Topliss-reactive ketones (excluding diaryl/α,β-unsaturated/α-hetero) is 1. The molecule has 0 radical (unpaired) electrons. The van der Waals surface area contributed by atoms with E-state index >= 15 is 0 Å². The van der Waals surface area contributed by atoms with Crippen LogP contribution in [0.2, 0.25) is 0 Å². The normalized spacial score (nSPS) is 15.1. The predicted molar refractivity (Wildman–Crippen MR) is 40.4 cm³/mol. The largest absolute Gasteiger partial charge is 0.419 e. The van der Waals surface area contributed by atoms with Crippen molar-refractivity contribution >= 4 is 5.78 Å². The van der Waals surface area contributed by atoms with E-state index in [1.165, 1.54) is 0 Å². The lowest BCUT2D eigenvalue weighted by atomic mass is 9.76. The number of ketones is 1. The molecule has 0 aromatic heterocycles. The van der Waals surface area contributed by atoms with E-state index in [1.807, 2.05) is 0 Å². The highest BCUT2D eigenvalue weighted by Gasteiger charge is 2.87. The second-order valence-electron chi connectivity index (χ2n) is 3.76. The van der Waals surface area contributed by atoms with Crippen molar-refractivity contribution in [2.45, 2.75) is 32.4 Å². The number of halogens is 9. The zero-order valence-electron chi connectivity index (χ0n) is 8.89. The topological polar surface area (TPSA) is 17.1 Å². The minimum Gasteiger partial charge on any atom is -0.298 e. The maximum atomic E-state index is 12.3. The van der Waals surface area contributed by atoms with Gasteiger partial charge in [-0.15, -0.1) is 0 Å². The molecule has 0 atom stereocenters. The highest BCUT2D eigenvalue weighted by Crippen LogP contribution is 2.60. The van der Waals surface area contributed by atoms with Crippen LogP contribution in [0.3, 0.4) is 0 Å². The number of hydrogen-bond acceptors (Lipinski definition) is 1. The van der Waals surface area contributed by atoms with Gasteiger partial charge in [0.25, 0.3) is 0 Å². The van der Waals surface area contributed by atoms with E-state index < -0.39 is 35.6 Å². The second-order valence-corrected chi connectivity index (χ2v) is 3.76. The SMILES string of the molecule is CC(C)C(=O)C(C(F)(F)F)(C(F)(F)F)C(F)(F)F. The quantitative estimate of drug-likeness (QED) is 0.705. The van der Waals surface area contributed by atoms with E-state index in [0.717, 1.165) is 0 Å². The lowest BCUT2D eigenvalue weighted by Gasteiger charge is -2.38. The first-order chi connectivity index (χ1) is 7.60. The molecular formula is C8H7F9O. The Kier molecular flexibility index (Phi) is 4.07. The molecule has 0 bridgehead atoms. The number of rotatable bonds is 2. The summed E-state index contributed by atoms with van der Waals surface area (Å²) >= 11 is 0. The van der Waals surface area contributed by atoms with E-state index in [0.29, 0.717) is 13.8 Å². The van der Waals surface area contributed by atoms with Gasteiger partial charge in [-0.2, -0.15) is 39.5 Å². The zero-order valence-corrected chi connectivity index (χ0v) is 8.89. The summed E-state index contributed by atoms with van der Waals surface area (Å²) in [5.41, 5.74) is -6.35. The van der Waals surface area contributed by atoms with Crippen molar-refractivity contribution in [1.82, 2.24) is 0 Å². The minimum atomic E-state index is -6.81. The minimum absolute atomic E-state index is 0.528. The van der Waals surface area contributed by atoms with E-state index in [4.69, 9.17) is 0 Å². The van der Waals surface area contributed by atoms with Gasteiger partial charge in [0.05, 0.1) is 0 Å². The summed E-state index contributed by atoms with van der Waals surface area (Å²) in [6.07, 6.45) is -20.4. The summed E-state index contributed by atoms with van der Waals surface area (Å²) in [6, 6.07) is 0. The van der Waals surface area contributed by atoms with Gasteiger partial charge in [0.15, 0.2) is 5.78 Å². The Morgan fingerprint density at radius 3 is 1.00 bits per heavy atom. The summed E-state index contributed by atoms with van der Waals surface area (Å²) in [5, 5.41) is 0.